The van der Waals surface area contributed by atoms with Gasteiger partial charge in [0.25, 0.3) is 0 Å². The molecular formula is C19H18O4. The lowest BCUT2D eigenvalue weighted by Gasteiger charge is -2.21. The van der Waals surface area contributed by atoms with Crippen LogP contribution >= 0.6 is 0 Å². The number of rotatable bonds is 1. The zero-order valence-corrected chi connectivity index (χ0v) is 13.3. The lowest BCUT2D eigenvalue weighted by molar-refractivity contribution is 0.473. The molecule has 0 saturated carbocycles. The van der Waals surface area contributed by atoms with Gasteiger partial charge in [-0.1, -0.05) is 20.8 Å². The second-order valence-electron chi connectivity index (χ2n) is 6.61. The highest BCUT2D eigenvalue weighted by molar-refractivity contribution is 5.82. The minimum Gasteiger partial charge on any atom is -0.508 e. The van der Waals surface area contributed by atoms with Gasteiger partial charge in [0.2, 0.25) is 0 Å². The lowest BCUT2D eigenvalue weighted by Crippen LogP contribution is -2.24. The Kier molecular flexibility index (Phi) is 3.40. The van der Waals surface area contributed by atoms with Crippen LogP contribution in [0.2, 0.25) is 0 Å². The number of phenolic OH excluding ortho intramolecular Hbond substituents is 2. The lowest BCUT2D eigenvalue weighted by atomic mass is 9.84. The Bertz CT molecular complexity index is 928. The third kappa shape index (κ3) is 2.68. The van der Waals surface area contributed by atoms with Crippen LogP contribution in [0.1, 0.15) is 26.3 Å². The van der Waals surface area contributed by atoms with E-state index in [9.17, 15) is 15.0 Å². The van der Waals surface area contributed by atoms with Crippen molar-refractivity contribution in [1.82, 2.24) is 0 Å². The molecule has 0 spiro atoms. The van der Waals surface area contributed by atoms with E-state index in [1.54, 1.807) is 30.3 Å². The Morgan fingerprint density at radius 3 is 2.13 bits per heavy atom. The molecule has 1 heterocycles. The number of fused-ring (bicyclic) bond motifs is 1. The molecule has 0 fully saturated rings. The monoisotopic (exact) mass is 310 g/mol. The van der Waals surface area contributed by atoms with E-state index in [0.29, 0.717) is 27.9 Å². The van der Waals surface area contributed by atoms with E-state index in [4.69, 9.17) is 4.42 Å². The molecule has 0 unspecified atom stereocenters. The maximum absolute atomic E-state index is 13.0. The number of phenols is 2. The van der Waals surface area contributed by atoms with Gasteiger partial charge in [-0.3, -0.25) is 4.79 Å². The maximum Gasteiger partial charge on any atom is 0.197 e. The fraction of sp³-hybridized carbons (Fsp3) is 0.211. The molecule has 1 aromatic heterocycles. The largest absolute Gasteiger partial charge is 0.508 e. The average molecular weight is 310 g/mol. The van der Waals surface area contributed by atoms with Gasteiger partial charge >= 0.3 is 0 Å². The third-order valence-electron chi connectivity index (χ3n) is 3.76. The van der Waals surface area contributed by atoms with Crippen LogP contribution in [-0.4, -0.2) is 10.2 Å². The van der Waals surface area contributed by atoms with Gasteiger partial charge in [0.05, 0.1) is 5.39 Å². The Morgan fingerprint density at radius 2 is 1.52 bits per heavy atom. The Hall–Kier alpha value is -2.75. The van der Waals surface area contributed by atoms with E-state index < -0.39 is 5.41 Å². The fourth-order valence-corrected chi connectivity index (χ4v) is 2.68. The smallest absolute Gasteiger partial charge is 0.197 e. The first kappa shape index (κ1) is 15.2. The molecule has 0 saturated heterocycles. The molecule has 23 heavy (non-hydrogen) atoms. The highest BCUT2D eigenvalue weighted by Crippen LogP contribution is 2.34. The van der Waals surface area contributed by atoms with E-state index in [1.807, 2.05) is 20.8 Å². The van der Waals surface area contributed by atoms with Crippen molar-refractivity contribution in [3.8, 4) is 22.8 Å². The second-order valence-corrected chi connectivity index (χ2v) is 6.61. The van der Waals surface area contributed by atoms with Gasteiger partial charge in [0.15, 0.2) is 5.43 Å². The Balaban J connectivity index is 2.43. The first-order chi connectivity index (χ1) is 10.8. The van der Waals surface area contributed by atoms with Gasteiger partial charge in [-0.25, -0.2) is 0 Å². The normalized spacial score (nSPS) is 11.8. The molecule has 4 nitrogen and oxygen atoms in total. The summed E-state index contributed by atoms with van der Waals surface area (Å²) in [5.41, 5.74) is 1.09. The summed E-state index contributed by atoms with van der Waals surface area (Å²) in [6, 6.07) is 11.0. The SMILES string of the molecule is CC(C)(C)c1c(-c2ccc(O)cc2)oc2cc(O)ccc2c1=O. The predicted octanol–water partition coefficient (Wildman–Crippen LogP) is 4.17. The zero-order valence-electron chi connectivity index (χ0n) is 13.3. The van der Waals surface area contributed by atoms with Gasteiger partial charge in [-0.2, -0.15) is 0 Å². The molecule has 2 N–H and O–H groups in total. The summed E-state index contributed by atoms with van der Waals surface area (Å²) in [6.07, 6.45) is 0. The first-order valence-corrected chi connectivity index (χ1v) is 7.37. The summed E-state index contributed by atoms with van der Waals surface area (Å²) in [6.45, 7) is 5.86. The molecule has 0 atom stereocenters. The van der Waals surface area contributed by atoms with Crippen molar-refractivity contribution < 1.29 is 14.6 Å². The van der Waals surface area contributed by atoms with Crippen LogP contribution in [0.3, 0.4) is 0 Å². The highest BCUT2D eigenvalue weighted by Gasteiger charge is 2.26. The molecule has 0 radical (unpaired) electrons. The minimum absolute atomic E-state index is 0.0424. The average Bonchev–Trinajstić information content (AvgIpc) is 2.46. The van der Waals surface area contributed by atoms with E-state index in [2.05, 4.69) is 0 Å². The summed E-state index contributed by atoms with van der Waals surface area (Å²) in [7, 11) is 0. The van der Waals surface area contributed by atoms with Gasteiger partial charge < -0.3 is 14.6 Å². The summed E-state index contributed by atoms with van der Waals surface area (Å²) >= 11 is 0. The molecule has 118 valence electrons. The van der Waals surface area contributed by atoms with Crippen molar-refractivity contribution in [2.24, 2.45) is 0 Å². The van der Waals surface area contributed by atoms with Crippen molar-refractivity contribution in [3.05, 3.63) is 58.3 Å². The van der Waals surface area contributed by atoms with Gasteiger partial charge in [-0.15, -0.1) is 0 Å². The second kappa shape index (κ2) is 5.16. The van der Waals surface area contributed by atoms with Gasteiger partial charge in [0, 0.05) is 17.2 Å². The summed E-state index contributed by atoms with van der Waals surface area (Å²) in [5.74, 6) is 0.647. The van der Waals surface area contributed by atoms with Crippen molar-refractivity contribution in [3.63, 3.8) is 0 Å². The molecule has 3 aromatic rings. The van der Waals surface area contributed by atoms with Crippen molar-refractivity contribution in [2.45, 2.75) is 26.2 Å². The van der Waals surface area contributed by atoms with Crippen LogP contribution in [0, 0.1) is 0 Å². The fourth-order valence-electron chi connectivity index (χ4n) is 2.68. The van der Waals surface area contributed by atoms with Crippen LogP contribution in [0.25, 0.3) is 22.3 Å². The van der Waals surface area contributed by atoms with Crippen LogP contribution in [0.15, 0.2) is 51.7 Å². The Labute approximate surface area is 133 Å². The van der Waals surface area contributed by atoms with Gasteiger partial charge in [-0.05, 0) is 41.8 Å². The third-order valence-corrected chi connectivity index (χ3v) is 3.76. The molecule has 4 heteroatoms. The van der Waals surface area contributed by atoms with Crippen LogP contribution in [0.5, 0.6) is 11.5 Å². The first-order valence-electron chi connectivity index (χ1n) is 7.37. The summed E-state index contributed by atoms with van der Waals surface area (Å²) < 4.78 is 5.97. The molecule has 0 amide bonds. The van der Waals surface area contributed by atoms with Crippen LogP contribution in [0.4, 0.5) is 0 Å². The van der Waals surface area contributed by atoms with E-state index in [1.165, 1.54) is 12.1 Å². The molecule has 0 aliphatic carbocycles. The highest BCUT2D eigenvalue weighted by atomic mass is 16.3. The minimum atomic E-state index is -0.417. The standard InChI is InChI=1S/C19H18O4/c1-19(2,3)16-17(22)14-9-8-13(21)10-15(14)23-18(16)11-4-6-12(20)7-5-11/h4-10,20-21H,1-3H3. The van der Waals surface area contributed by atoms with E-state index in [0.717, 1.165) is 0 Å². The topological polar surface area (TPSA) is 70.7 Å². The molecular weight excluding hydrogens is 292 g/mol. The predicted molar refractivity (Wildman–Crippen MR) is 89.9 cm³/mol. The summed E-state index contributed by atoms with van der Waals surface area (Å²) in [4.78, 5) is 13.0. The van der Waals surface area contributed by atoms with E-state index >= 15 is 0 Å². The van der Waals surface area contributed by atoms with E-state index in [-0.39, 0.29) is 16.9 Å². The van der Waals surface area contributed by atoms with Crippen molar-refractivity contribution in [1.29, 1.82) is 0 Å². The van der Waals surface area contributed by atoms with Crippen molar-refractivity contribution >= 4 is 11.0 Å². The number of hydrogen-bond acceptors (Lipinski definition) is 4. The summed E-state index contributed by atoms with van der Waals surface area (Å²) in [5, 5.41) is 19.6. The van der Waals surface area contributed by atoms with Gasteiger partial charge in [0.1, 0.15) is 22.8 Å². The Morgan fingerprint density at radius 1 is 0.913 bits per heavy atom. The number of aromatic hydroxyl groups is 2. The van der Waals surface area contributed by atoms with Crippen LogP contribution < -0.4 is 5.43 Å². The number of benzene rings is 2. The molecule has 0 aliphatic heterocycles. The maximum atomic E-state index is 13.0. The molecule has 2 aromatic carbocycles. The van der Waals surface area contributed by atoms with Crippen molar-refractivity contribution in [2.75, 3.05) is 0 Å². The quantitative estimate of drug-likeness (QED) is 0.707. The molecule has 3 rings (SSSR count). The zero-order chi connectivity index (χ0) is 16.8. The molecule has 0 aliphatic rings. The van der Waals surface area contributed by atoms with Crippen LogP contribution in [-0.2, 0) is 5.41 Å². The molecule has 0 bridgehead atoms. The number of hydrogen-bond donors (Lipinski definition) is 2.